The van der Waals surface area contributed by atoms with E-state index in [-0.39, 0.29) is 29.6 Å². The van der Waals surface area contributed by atoms with Crippen LogP contribution in [-0.4, -0.2) is 6.61 Å². The molecule has 0 saturated heterocycles. The zero-order chi connectivity index (χ0) is 7.11. The first-order valence-electron chi connectivity index (χ1n) is 3.04. The van der Waals surface area contributed by atoms with E-state index in [1.807, 2.05) is 0 Å². The van der Waals surface area contributed by atoms with E-state index >= 15 is 0 Å². The molecule has 0 spiro atoms. The molecule has 1 unspecified atom stereocenters. The first kappa shape index (κ1) is 13.6. The summed E-state index contributed by atoms with van der Waals surface area (Å²) in [6.07, 6.45) is 2.95. The Labute approximate surface area is 84.4 Å². The van der Waals surface area contributed by atoms with E-state index in [0.29, 0.717) is 6.61 Å². The Morgan fingerprint density at radius 1 is 1.50 bits per heavy atom. The molecule has 0 aromatic carbocycles. The Morgan fingerprint density at radius 2 is 2.10 bits per heavy atom. The van der Waals surface area contributed by atoms with Gasteiger partial charge >= 0.3 is 37.8 Å². The molecule has 0 aromatic heterocycles. The van der Waals surface area contributed by atoms with Crippen LogP contribution in [-0.2, 0) is 9.09 Å². The van der Waals surface area contributed by atoms with Crippen molar-refractivity contribution in [2.45, 2.75) is 26.2 Å². The van der Waals surface area contributed by atoms with Crippen LogP contribution in [0.5, 0.6) is 0 Å². The Morgan fingerprint density at radius 3 is 2.50 bits per heavy atom. The fourth-order valence-corrected chi connectivity index (χ4v) is 0.769. The van der Waals surface area contributed by atoms with Crippen molar-refractivity contribution in [2.24, 2.45) is 0 Å². The maximum Gasteiger partial charge on any atom is 1.00 e. The maximum atomic E-state index is 9.78. The average Bonchev–Trinajstić information content (AvgIpc) is 1.80. The van der Waals surface area contributed by atoms with Gasteiger partial charge in [0.2, 0.25) is 0 Å². The van der Waals surface area contributed by atoms with Crippen LogP contribution in [0, 0.1) is 0 Å². The maximum absolute atomic E-state index is 9.78. The quantitative estimate of drug-likeness (QED) is 0.280. The van der Waals surface area contributed by atoms with Gasteiger partial charge in [-0.15, -0.1) is 4.52 Å². The SMILES string of the molecule is CCCCCO[P+](=O)[O-].[Na+]. The van der Waals surface area contributed by atoms with Crippen LogP contribution in [0.25, 0.3) is 0 Å². The average molecular weight is 173 g/mol. The van der Waals surface area contributed by atoms with E-state index in [2.05, 4.69) is 11.4 Å². The molecule has 3 nitrogen and oxygen atoms in total. The van der Waals surface area contributed by atoms with Crippen molar-refractivity contribution < 1.29 is 43.5 Å². The summed E-state index contributed by atoms with van der Waals surface area (Å²) < 4.78 is 14.1. The van der Waals surface area contributed by atoms with Gasteiger partial charge < -0.3 is 4.89 Å². The van der Waals surface area contributed by atoms with Crippen LogP contribution in [0.4, 0.5) is 0 Å². The van der Waals surface area contributed by atoms with Gasteiger partial charge in [0.25, 0.3) is 0 Å². The van der Waals surface area contributed by atoms with E-state index < -0.39 is 8.25 Å². The van der Waals surface area contributed by atoms with Crippen molar-refractivity contribution in [3.05, 3.63) is 0 Å². The first-order valence-corrected chi connectivity index (χ1v) is 4.14. The largest absolute Gasteiger partial charge is 1.00 e. The predicted molar refractivity (Wildman–Crippen MR) is 33.1 cm³/mol. The van der Waals surface area contributed by atoms with Gasteiger partial charge in [-0.1, -0.05) is 19.8 Å². The van der Waals surface area contributed by atoms with Crippen LogP contribution < -0.4 is 34.5 Å². The van der Waals surface area contributed by atoms with Crippen LogP contribution in [0.15, 0.2) is 0 Å². The molecule has 10 heavy (non-hydrogen) atoms. The molecule has 0 N–H and O–H groups in total. The van der Waals surface area contributed by atoms with Crippen LogP contribution in [0.1, 0.15) is 26.2 Å². The molecule has 0 heterocycles. The van der Waals surface area contributed by atoms with Gasteiger partial charge in [-0.2, -0.15) is 0 Å². The van der Waals surface area contributed by atoms with Crippen molar-refractivity contribution >= 4 is 8.25 Å². The van der Waals surface area contributed by atoms with Gasteiger partial charge in [0.05, 0.1) is 0 Å². The Balaban J connectivity index is 0. The van der Waals surface area contributed by atoms with Crippen molar-refractivity contribution in [1.29, 1.82) is 0 Å². The van der Waals surface area contributed by atoms with Gasteiger partial charge in [-0.05, 0) is 11.0 Å². The molecule has 5 heteroatoms. The first-order chi connectivity index (χ1) is 4.27. The van der Waals surface area contributed by atoms with Gasteiger partial charge in [0.1, 0.15) is 6.61 Å². The predicted octanol–water partition coefficient (Wildman–Crippen LogP) is -1.79. The van der Waals surface area contributed by atoms with Crippen LogP contribution >= 0.6 is 8.25 Å². The zero-order valence-corrected chi connectivity index (χ0v) is 9.39. The van der Waals surface area contributed by atoms with Crippen molar-refractivity contribution in [3.63, 3.8) is 0 Å². The molecule has 0 aliphatic carbocycles. The molecular formula is C5H11NaO3P+. The van der Waals surface area contributed by atoms with E-state index in [1.165, 1.54) is 0 Å². The molecule has 0 aliphatic heterocycles. The summed E-state index contributed by atoms with van der Waals surface area (Å²) in [5.74, 6) is 0. The zero-order valence-electron chi connectivity index (χ0n) is 6.50. The van der Waals surface area contributed by atoms with Crippen LogP contribution in [0.2, 0.25) is 0 Å². The van der Waals surface area contributed by atoms with Gasteiger partial charge in [0.15, 0.2) is 0 Å². The summed E-state index contributed by atoms with van der Waals surface area (Å²) in [6, 6.07) is 0. The summed E-state index contributed by atoms with van der Waals surface area (Å²) in [7, 11) is -2.62. The molecule has 0 saturated carbocycles. The van der Waals surface area contributed by atoms with Crippen molar-refractivity contribution in [3.8, 4) is 0 Å². The van der Waals surface area contributed by atoms with E-state index in [4.69, 9.17) is 0 Å². The summed E-state index contributed by atoms with van der Waals surface area (Å²) in [5, 5.41) is 0. The molecule has 0 amide bonds. The minimum Gasteiger partial charge on any atom is -0.566 e. The Kier molecular flexibility index (Phi) is 13.6. The molecule has 54 valence electrons. The van der Waals surface area contributed by atoms with Crippen molar-refractivity contribution in [1.82, 2.24) is 0 Å². The second-order valence-electron chi connectivity index (χ2n) is 1.76. The molecular weight excluding hydrogens is 162 g/mol. The second kappa shape index (κ2) is 10.0. The van der Waals surface area contributed by atoms with Crippen molar-refractivity contribution in [2.75, 3.05) is 6.61 Å². The Bertz CT molecular complexity index is 89.0. The standard InChI is InChI=1S/C5H11O3P.Na/c1-2-3-4-5-8-9(6)7;/h2-5H2,1H3;/q;+1. The van der Waals surface area contributed by atoms with Crippen LogP contribution in [0.3, 0.4) is 0 Å². The van der Waals surface area contributed by atoms with Gasteiger partial charge in [0, 0.05) is 0 Å². The van der Waals surface area contributed by atoms with Gasteiger partial charge in [-0.3, -0.25) is 0 Å². The number of hydrogen-bond donors (Lipinski definition) is 0. The minimum absolute atomic E-state index is 0. The fourth-order valence-electron chi connectivity index (χ4n) is 0.491. The van der Waals surface area contributed by atoms with E-state index in [9.17, 15) is 9.46 Å². The molecule has 0 radical (unpaired) electrons. The molecule has 0 rings (SSSR count). The monoisotopic (exact) mass is 173 g/mol. The summed E-state index contributed by atoms with van der Waals surface area (Å²) in [4.78, 5) is 9.78. The Hall–Kier alpha value is 1.02. The third kappa shape index (κ3) is 11.8. The molecule has 1 atom stereocenters. The molecule has 0 fully saturated rings. The molecule has 0 aromatic rings. The van der Waals surface area contributed by atoms with E-state index in [1.54, 1.807) is 0 Å². The topological polar surface area (TPSA) is 49.4 Å². The number of hydrogen-bond acceptors (Lipinski definition) is 3. The summed E-state index contributed by atoms with van der Waals surface area (Å²) >= 11 is 0. The van der Waals surface area contributed by atoms with E-state index in [0.717, 1.165) is 19.3 Å². The molecule has 0 aliphatic rings. The smallest absolute Gasteiger partial charge is 0.566 e. The third-order valence-corrected chi connectivity index (χ3v) is 1.34. The van der Waals surface area contributed by atoms with Gasteiger partial charge in [-0.25, -0.2) is 0 Å². The normalized spacial score (nSPS) is 10.4. The minimum atomic E-state index is -2.62. The summed E-state index contributed by atoms with van der Waals surface area (Å²) in [5.41, 5.74) is 0. The second-order valence-corrected chi connectivity index (χ2v) is 2.47. The summed E-state index contributed by atoms with van der Waals surface area (Å²) in [6.45, 7) is 2.39. The third-order valence-electron chi connectivity index (χ3n) is 0.945. The fraction of sp³-hybridized carbons (Fsp3) is 1.00. The number of rotatable bonds is 5. The number of unbranched alkanes of at least 4 members (excludes halogenated alkanes) is 2. The molecule has 0 bridgehead atoms.